The van der Waals surface area contributed by atoms with Gasteiger partial charge in [-0.2, -0.15) is 5.48 Å². The average Bonchev–Trinajstić information content (AvgIpc) is 3.18. The molecule has 0 bridgehead atoms. The Balaban J connectivity index is 1.72. The van der Waals surface area contributed by atoms with Crippen LogP contribution in [-0.2, 0) is 33.5 Å². The first kappa shape index (κ1) is 29.4. The first-order chi connectivity index (χ1) is 17.3. The minimum atomic E-state index is -1.35. The molecule has 2 aliphatic rings. The molecule has 2 saturated heterocycles. The fourth-order valence-corrected chi connectivity index (χ4v) is 7.09. The topological polar surface area (TPSA) is 176 Å². The molecule has 0 aromatic carbocycles. The molecule has 1 aromatic rings. The highest BCUT2D eigenvalue weighted by atomic mass is 35.5. The van der Waals surface area contributed by atoms with Crippen molar-refractivity contribution in [3.63, 3.8) is 0 Å². The molecule has 2 aliphatic heterocycles. The Morgan fingerprint density at radius 3 is 2.70 bits per heavy atom. The molecule has 13 nitrogen and oxygen atoms in total. The lowest BCUT2D eigenvalue weighted by molar-refractivity contribution is -0.165. The largest absolute Gasteiger partial charge is 0.480 e. The number of anilines is 1. The van der Waals surface area contributed by atoms with E-state index in [1.165, 1.54) is 16.7 Å². The van der Waals surface area contributed by atoms with Gasteiger partial charge in [-0.1, -0.05) is 22.9 Å². The highest BCUT2D eigenvalue weighted by Crippen LogP contribution is 2.43. The number of hydrogen-bond donors (Lipinski definition) is 4. The van der Waals surface area contributed by atoms with Crippen LogP contribution in [0.4, 0.5) is 5.13 Å². The molecule has 0 saturated carbocycles. The summed E-state index contributed by atoms with van der Waals surface area (Å²) >= 11 is 9.57. The van der Waals surface area contributed by atoms with E-state index in [9.17, 15) is 29.1 Å². The summed E-state index contributed by atoms with van der Waals surface area (Å²) in [5.41, 5.74) is 1.71. The van der Waals surface area contributed by atoms with Crippen LogP contribution in [0.5, 0.6) is 0 Å². The number of esters is 1. The normalized spacial score (nSPS) is 23.9. The maximum Gasteiger partial charge on any atom is 0.334 e. The predicted octanol–water partition coefficient (Wildman–Crippen LogP) is 0.855. The zero-order valence-corrected chi connectivity index (χ0v) is 23.4. The fourth-order valence-electron chi connectivity index (χ4n) is 3.52. The Bertz CT molecular complexity index is 1080. The third-order valence-electron chi connectivity index (χ3n) is 5.27. The second-order valence-electron chi connectivity index (χ2n) is 9.02. The molecule has 1 aromatic heterocycles. The number of nitrogens with zero attached hydrogens (tertiary/aromatic N) is 2. The smallest absolute Gasteiger partial charge is 0.334 e. The average molecular weight is 596 g/mol. The summed E-state index contributed by atoms with van der Waals surface area (Å²) in [6.07, 6.45) is 2.07. The number of aliphatic carboxylic acids is 1. The van der Waals surface area contributed by atoms with Gasteiger partial charge in [-0.15, -0.1) is 23.5 Å². The number of amides is 3. The molecule has 0 aliphatic carbocycles. The summed E-state index contributed by atoms with van der Waals surface area (Å²) in [6, 6.07) is -2.26. The molecule has 3 heterocycles. The second-order valence-corrected chi connectivity index (χ2v) is 12.9. The van der Waals surface area contributed by atoms with Gasteiger partial charge in [-0.3, -0.25) is 24.0 Å². The van der Waals surface area contributed by atoms with Crippen LogP contribution in [0.25, 0.3) is 0 Å². The SMILES string of the molecule is CSC1(C(=O)O)CS[C@@H]2C(NC(=O)C(NOCC(=O)OC(C)(C)C)c3nc(NC=O)sc3Cl)C(=O)N2C1. The van der Waals surface area contributed by atoms with Crippen LogP contribution >= 0.6 is 46.5 Å². The summed E-state index contributed by atoms with van der Waals surface area (Å²) in [5, 5.41) is 14.3. The van der Waals surface area contributed by atoms with Crippen LogP contribution in [0.2, 0.25) is 4.34 Å². The molecule has 3 unspecified atom stereocenters. The Morgan fingerprint density at radius 2 is 2.11 bits per heavy atom. The minimum Gasteiger partial charge on any atom is -0.480 e. The van der Waals surface area contributed by atoms with Crippen LogP contribution in [0, 0.1) is 0 Å². The van der Waals surface area contributed by atoms with Crippen LogP contribution in [0.3, 0.4) is 0 Å². The van der Waals surface area contributed by atoms with Crippen molar-refractivity contribution in [3.05, 3.63) is 10.0 Å². The third kappa shape index (κ3) is 6.67. The molecule has 204 valence electrons. The Kier molecular flexibility index (Phi) is 9.34. The number of aromatic nitrogens is 1. The number of rotatable bonds is 11. The van der Waals surface area contributed by atoms with Gasteiger partial charge in [0.15, 0.2) is 17.8 Å². The fraction of sp³-hybridized carbons (Fsp3) is 0.600. The van der Waals surface area contributed by atoms with Gasteiger partial charge in [-0.05, 0) is 27.0 Å². The summed E-state index contributed by atoms with van der Waals surface area (Å²) in [6.45, 7) is 4.54. The van der Waals surface area contributed by atoms with Crippen molar-refractivity contribution in [3.8, 4) is 0 Å². The molecule has 37 heavy (non-hydrogen) atoms. The summed E-state index contributed by atoms with van der Waals surface area (Å²) in [4.78, 5) is 71.4. The van der Waals surface area contributed by atoms with E-state index >= 15 is 0 Å². The van der Waals surface area contributed by atoms with Gasteiger partial charge in [0.05, 0.1) is 0 Å². The van der Waals surface area contributed by atoms with Gasteiger partial charge >= 0.3 is 11.9 Å². The molecular weight excluding hydrogens is 570 g/mol. The number of thioether (sulfide) groups is 2. The maximum atomic E-state index is 13.3. The van der Waals surface area contributed by atoms with Crippen molar-refractivity contribution in [2.45, 2.75) is 48.6 Å². The third-order valence-corrected chi connectivity index (χ3v) is 9.43. The van der Waals surface area contributed by atoms with Crippen molar-refractivity contribution in [1.29, 1.82) is 0 Å². The number of nitrogens with one attached hydrogen (secondary N) is 3. The summed E-state index contributed by atoms with van der Waals surface area (Å²) in [7, 11) is 0. The van der Waals surface area contributed by atoms with Gasteiger partial charge in [0, 0.05) is 12.3 Å². The second kappa shape index (κ2) is 11.7. The van der Waals surface area contributed by atoms with Crippen LogP contribution in [-0.4, -0.2) is 92.1 Å². The lowest BCUT2D eigenvalue weighted by atomic mass is 10.0. The molecule has 3 rings (SSSR count). The van der Waals surface area contributed by atoms with Crippen molar-refractivity contribution in [2.75, 3.05) is 30.5 Å². The predicted molar refractivity (Wildman–Crippen MR) is 138 cm³/mol. The maximum absolute atomic E-state index is 13.3. The number of halogens is 1. The number of carbonyl (C=O) groups excluding carboxylic acids is 4. The molecular formula is C20H26ClN5O8S3. The van der Waals surface area contributed by atoms with E-state index in [4.69, 9.17) is 21.2 Å². The number of thiazole rings is 1. The quantitative estimate of drug-likeness (QED) is 0.123. The highest BCUT2D eigenvalue weighted by Gasteiger charge is 2.57. The van der Waals surface area contributed by atoms with Gasteiger partial charge in [0.1, 0.15) is 31.8 Å². The highest BCUT2D eigenvalue weighted by molar-refractivity contribution is 8.04. The van der Waals surface area contributed by atoms with Gasteiger partial charge in [0.25, 0.3) is 0 Å². The number of hydroxylamine groups is 1. The number of β-lactam (4-membered cyclic amide) rings is 1. The van der Waals surface area contributed by atoms with E-state index in [-0.39, 0.29) is 27.5 Å². The molecule has 0 spiro atoms. The molecule has 3 amide bonds. The first-order valence-electron chi connectivity index (χ1n) is 10.8. The summed E-state index contributed by atoms with van der Waals surface area (Å²) in [5.74, 6) is -2.59. The lowest BCUT2D eigenvalue weighted by Gasteiger charge is -2.53. The molecule has 0 radical (unpaired) electrons. The molecule has 4 N–H and O–H groups in total. The van der Waals surface area contributed by atoms with Gasteiger partial charge < -0.3 is 25.4 Å². The van der Waals surface area contributed by atoms with E-state index in [2.05, 4.69) is 21.1 Å². The number of hydrogen-bond acceptors (Lipinski definition) is 12. The monoisotopic (exact) mass is 595 g/mol. The molecule has 4 atom stereocenters. The van der Waals surface area contributed by atoms with Crippen molar-refractivity contribution >= 4 is 81.8 Å². The van der Waals surface area contributed by atoms with Crippen LogP contribution < -0.4 is 16.1 Å². The minimum absolute atomic E-state index is 0.00454. The van der Waals surface area contributed by atoms with Crippen LogP contribution in [0.1, 0.15) is 32.5 Å². The van der Waals surface area contributed by atoms with Gasteiger partial charge in [0.2, 0.25) is 18.2 Å². The summed E-state index contributed by atoms with van der Waals surface area (Å²) < 4.78 is 4.11. The van der Waals surface area contributed by atoms with E-state index in [0.717, 1.165) is 23.1 Å². The zero-order chi connectivity index (χ0) is 27.5. The lowest BCUT2D eigenvalue weighted by Crippen LogP contribution is -2.74. The Labute approximate surface area is 229 Å². The Morgan fingerprint density at radius 1 is 1.41 bits per heavy atom. The Hall–Kier alpha value is -2.11. The molecule has 17 heteroatoms. The van der Waals surface area contributed by atoms with Crippen molar-refractivity contribution in [1.82, 2.24) is 20.7 Å². The van der Waals surface area contributed by atoms with E-state index in [0.29, 0.717) is 6.41 Å². The first-order valence-corrected chi connectivity index (χ1v) is 14.3. The number of carbonyl (C=O) groups is 5. The van der Waals surface area contributed by atoms with Crippen molar-refractivity contribution in [2.24, 2.45) is 0 Å². The standard InChI is InChI=1S/C20H26ClN5O8S3/c1-19(2,3)34-9(28)5-33-25-11(10-13(21)37-18(24-10)22-8-27)14(29)23-12-15(30)26-6-20(35-4,17(31)32)7-36-16(12)26/h8,11-12,16,25H,5-7H2,1-4H3,(H,23,29)(H,31,32)(H,22,24,27)/t11?,12?,16-,20?/m1/s1. The number of ether oxygens (including phenoxy) is 1. The number of carboxylic acids is 1. The van der Waals surface area contributed by atoms with E-state index in [1.54, 1.807) is 27.0 Å². The van der Waals surface area contributed by atoms with Crippen LogP contribution in [0.15, 0.2) is 0 Å². The number of carboxylic acid groups (broad SMARTS) is 1. The van der Waals surface area contributed by atoms with E-state index < -0.39 is 58.2 Å². The zero-order valence-electron chi connectivity index (χ0n) is 20.2. The number of fused-ring (bicyclic) bond motifs is 1. The molecule has 2 fully saturated rings. The van der Waals surface area contributed by atoms with Gasteiger partial charge in [-0.25, -0.2) is 9.78 Å². The van der Waals surface area contributed by atoms with E-state index in [1.807, 2.05) is 0 Å². The van der Waals surface area contributed by atoms with Crippen molar-refractivity contribution < 1.29 is 38.7 Å².